The van der Waals surface area contributed by atoms with Crippen LogP contribution in [0.1, 0.15) is 62.1 Å². The van der Waals surface area contributed by atoms with E-state index >= 15 is 0 Å². The molecule has 1 aromatic rings. The van der Waals surface area contributed by atoms with Gasteiger partial charge in [0.05, 0.1) is 0 Å². The molecule has 1 atom stereocenters. The van der Waals surface area contributed by atoms with Gasteiger partial charge in [0, 0.05) is 17.8 Å². The predicted octanol–water partition coefficient (Wildman–Crippen LogP) is 3.57. The Morgan fingerprint density at radius 3 is 2.67 bits per heavy atom. The van der Waals surface area contributed by atoms with Crippen LogP contribution in [0, 0.1) is 0 Å². The zero-order valence-electron chi connectivity index (χ0n) is 11.1. The summed E-state index contributed by atoms with van der Waals surface area (Å²) in [5, 5.41) is 3.89. The van der Waals surface area contributed by atoms with Crippen molar-refractivity contribution in [2.75, 3.05) is 5.73 Å². The van der Waals surface area contributed by atoms with E-state index in [1.54, 1.807) is 0 Å². The molecule has 1 unspecified atom stereocenters. The number of benzene rings is 1. The van der Waals surface area contributed by atoms with Gasteiger partial charge in [0.15, 0.2) is 0 Å². The Morgan fingerprint density at radius 2 is 1.83 bits per heavy atom. The molecule has 0 radical (unpaired) electrons. The van der Waals surface area contributed by atoms with Crippen LogP contribution in [0.15, 0.2) is 18.2 Å². The summed E-state index contributed by atoms with van der Waals surface area (Å²) in [4.78, 5) is 0. The third-order valence-electron chi connectivity index (χ3n) is 4.53. The Labute approximate surface area is 110 Å². The maximum Gasteiger partial charge on any atom is 0.0326 e. The first kappa shape index (κ1) is 12.0. The fraction of sp³-hybridized carbons (Fsp3) is 0.625. The summed E-state index contributed by atoms with van der Waals surface area (Å²) >= 11 is 0. The van der Waals surface area contributed by atoms with Gasteiger partial charge < -0.3 is 11.1 Å². The molecule has 2 aliphatic rings. The number of nitrogen functional groups attached to an aromatic ring is 1. The SMILES string of the molecule is Nc1ccc2c(c1)C(NC1CCCCC1)CCC2. The Bertz CT molecular complexity index is 408. The van der Waals surface area contributed by atoms with E-state index in [-0.39, 0.29) is 0 Å². The first-order chi connectivity index (χ1) is 8.83. The predicted molar refractivity (Wildman–Crippen MR) is 76.5 cm³/mol. The maximum absolute atomic E-state index is 5.95. The molecule has 0 aliphatic heterocycles. The molecular weight excluding hydrogens is 220 g/mol. The molecule has 18 heavy (non-hydrogen) atoms. The van der Waals surface area contributed by atoms with Crippen LogP contribution < -0.4 is 11.1 Å². The molecule has 0 amide bonds. The van der Waals surface area contributed by atoms with Gasteiger partial charge in [-0.15, -0.1) is 0 Å². The minimum Gasteiger partial charge on any atom is -0.399 e. The molecule has 2 heteroatoms. The molecule has 0 heterocycles. The first-order valence-corrected chi connectivity index (χ1v) is 7.47. The second-order valence-electron chi connectivity index (χ2n) is 5.90. The van der Waals surface area contributed by atoms with Crippen molar-refractivity contribution in [3.63, 3.8) is 0 Å². The lowest BCUT2D eigenvalue weighted by Crippen LogP contribution is -2.36. The van der Waals surface area contributed by atoms with Crippen molar-refractivity contribution in [1.82, 2.24) is 5.32 Å². The normalized spacial score (nSPS) is 24.8. The van der Waals surface area contributed by atoms with Crippen LogP contribution in [-0.4, -0.2) is 6.04 Å². The van der Waals surface area contributed by atoms with E-state index < -0.39 is 0 Å². The molecule has 0 bridgehead atoms. The van der Waals surface area contributed by atoms with Crippen molar-refractivity contribution < 1.29 is 0 Å². The van der Waals surface area contributed by atoms with Crippen molar-refractivity contribution in [2.45, 2.75) is 63.5 Å². The van der Waals surface area contributed by atoms with E-state index in [1.807, 2.05) is 6.07 Å². The zero-order chi connectivity index (χ0) is 12.4. The average molecular weight is 244 g/mol. The molecule has 3 rings (SSSR count). The van der Waals surface area contributed by atoms with Gasteiger partial charge in [0.25, 0.3) is 0 Å². The van der Waals surface area contributed by atoms with Gasteiger partial charge >= 0.3 is 0 Å². The third-order valence-corrected chi connectivity index (χ3v) is 4.53. The number of nitrogens with two attached hydrogens (primary N) is 1. The standard InChI is InChI=1S/C16H24N2/c17-13-10-9-12-5-4-8-16(15(12)11-13)18-14-6-2-1-3-7-14/h9-11,14,16,18H,1-8,17H2. The van der Waals surface area contributed by atoms with E-state index in [0.29, 0.717) is 6.04 Å². The third kappa shape index (κ3) is 2.54. The molecule has 1 saturated carbocycles. The number of hydrogen-bond donors (Lipinski definition) is 2. The lowest BCUT2D eigenvalue weighted by molar-refractivity contribution is 0.321. The minimum absolute atomic E-state index is 0.542. The summed E-state index contributed by atoms with van der Waals surface area (Å²) in [5.41, 5.74) is 9.83. The largest absolute Gasteiger partial charge is 0.399 e. The topological polar surface area (TPSA) is 38.0 Å². The smallest absolute Gasteiger partial charge is 0.0326 e. The van der Waals surface area contributed by atoms with Crippen molar-refractivity contribution >= 4 is 5.69 Å². The molecular formula is C16H24N2. The van der Waals surface area contributed by atoms with Gasteiger partial charge in [-0.05, 0) is 55.4 Å². The number of hydrogen-bond acceptors (Lipinski definition) is 2. The molecule has 2 nitrogen and oxygen atoms in total. The minimum atomic E-state index is 0.542. The molecule has 1 fully saturated rings. The summed E-state index contributed by atoms with van der Waals surface area (Å²) in [6.07, 6.45) is 10.7. The van der Waals surface area contributed by atoms with Crippen LogP contribution in [0.3, 0.4) is 0 Å². The highest BCUT2D eigenvalue weighted by atomic mass is 15.0. The van der Waals surface area contributed by atoms with E-state index in [4.69, 9.17) is 5.73 Å². The van der Waals surface area contributed by atoms with Crippen LogP contribution in [0.25, 0.3) is 0 Å². The number of anilines is 1. The van der Waals surface area contributed by atoms with Crippen molar-refractivity contribution in [1.29, 1.82) is 0 Å². The highest BCUT2D eigenvalue weighted by Gasteiger charge is 2.23. The van der Waals surface area contributed by atoms with Gasteiger partial charge in [-0.2, -0.15) is 0 Å². The number of rotatable bonds is 2. The van der Waals surface area contributed by atoms with E-state index in [2.05, 4.69) is 17.4 Å². The first-order valence-electron chi connectivity index (χ1n) is 7.47. The summed E-state index contributed by atoms with van der Waals surface area (Å²) in [6.45, 7) is 0. The summed E-state index contributed by atoms with van der Waals surface area (Å²) in [5.74, 6) is 0. The van der Waals surface area contributed by atoms with Gasteiger partial charge in [-0.1, -0.05) is 25.3 Å². The fourth-order valence-electron chi connectivity index (χ4n) is 3.54. The van der Waals surface area contributed by atoms with E-state index in [9.17, 15) is 0 Å². The van der Waals surface area contributed by atoms with Crippen LogP contribution in [0.2, 0.25) is 0 Å². The Kier molecular flexibility index (Phi) is 3.55. The highest BCUT2D eigenvalue weighted by Crippen LogP contribution is 2.32. The van der Waals surface area contributed by atoms with Crippen LogP contribution >= 0.6 is 0 Å². The monoisotopic (exact) mass is 244 g/mol. The molecule has 2 aliphatic carbocycles. The maximum atomic E-state index is 5.95. The van der Waals surface area contributed by atoms with Gasteiger partial charge in [0.1, 0.15) is 0 Å². The molecule has 98 valence electrons. The number of nitrogens with one attached hydrogen (secondary N) is 1. The van der Waals surface area contributed by atoms with Crippen molar-refractivity contribution in [3.05, 3.63) is 29.3 Å². The van der Waals surface area contributed by atoms with Crippen molar-refractivity contribution in [2.24, 2.45) is 0 Å². The van der Waals surface area contributed by atoms with Gasteiger partial charge in [-0.25, -0.2) is 0 Å². The van der Waals surface area contributed by atoms with Gasteiger partial charge in [-0.3, -0.25) is 0 Å². The van der Waals surface area contributed by atoms with E-state index in [0.717, 1.165) is 11.7 Å². The second kappa shape index (κ2) is 5.31. The van der Waals surface area contributed by atoms with E-state index in [1.165, 1.54) is 62.5 Å². The second-order valence-corrected chi connectivity index (χ2v) is 5.90. The number of aryl methyl sites for hydroxylation is 1. The molecule has 0 spiro atoms. The lowest BCUT2D eigenvalue weighted by Gasteiger charge is -2.32. The summed E-state index contributed by atoms with van der Waals surface area (Å²) in [6, 6.07) is 7.73. The molecule has 1 aromatic carbocycles. The Balaban J connectivity index is 1.75. The quantitative estimate of drug-likeness (QED) is 0.781. The summed E-state index contributed by atoms with van der Waals surface area (Å²) < 4.78 is 0. The molecule has 3 N–H and O–H groups in total. The molecule has 0 saturated heterocycles. The van der Waals surface area contributed by atoms with Crippen LogP contribution in [-0.2, 0) is 6.42 Å². The molecule has 0 aromatic heterocycles. The summed E-state index contributed by atoms with van der Waals surface area (Å²) in [7, 11) is 0. The lowest BCUT2D eigenvalue weighted by atomic mass is 9.85. The average Bonchev–Trinajstić information content (AvgIpc) is 2.41. The van der Waals surface area contributed by atoms with Crippen LogP contribution in [0.5, 0.6) is 0 Å². The fourth-order valence-corrected chi connectivity index (χ4v) is 3.54. The number of fused-ring (bicyclic) bond motifs is 1. The van der Waals surface area contributed by atoms with Crippen LogP contribution in [0.4, 0.5) is 5.69 Å². The Morgan fingerprint density at radius 1 is 1.00 bits per heavy atom. The van der Waals surface area contributed by atoms with Crippen molar-refractivity contribution in [3.8, 4) is 0 Å². The van der Waals surface area contributed by atoms with Gasteiger partial charge in [0.2, 0.25) is 0 Å². The highest BCUT2D eigenvalue weighted by molar-refractivity contribution is 5.47. The Hall–Kier alpha value is -1.02. The zero-order valence-corrected chi connectivity index (χ0v) is 11.1.